The van der Waals surface area contributed by atoms with E-state index in [0.29, 0.717) is 12.1 Å². The van der Waals surface area contributed by atoms with Crippen molar-refractivity contribution in [2.45, 2.75) is 13.0 Å². The van der Waals surface area contributed by atoms with Crippen LogP contribution in [-0.2, 0) is 0 Å². The Morgan fingerprint density at radius 1 is 1.38 bits per heavy atom. The lowest BCUT2D eigenvalue weighted by Crippen LogP contribution is -2.24. The summed E-state index contributed by atoms with van der Waals surface area (Å²) in [5.74, 6) is -0.309. The second kappa shape index (κ2) is 5.42. The number of fused-ring (bicyclic) bond motifs is 1. The number of aliphatic hydroxyl groups excluding tert-OH is 1. The second-order valence-corrected chi connectivity index (χ2v) is 5.88. The summed E-state index contributed by atoms with van der Waals surface area (Å²) in [5.41, 5.74) is 1.61. The van der Waals surface area contributed by atoms with E-state index in [1.165, 1.54) is 23.5 Å². The maximum atomic E-state index is 12.9. The van der Waals surface area contributed by atoms with Gasteiger partial charge >= 0.3 is 0 Å². The first-order chi connectivity index (χ1) is 10.0. The van der Waals surface area contributed by atoms with Gasteiger partial charge in [0.2, 0.25) is 10.1 Å². The number of rotatable bonds is 4. The molecule has 1 atom stereocenters. The van der Waals surface area contributed by atoms with E-state index in [1.54, 1.807) is 16.6 Å². The van der Waals surface area contributed by atoms with Gasteiger partial charge in [0, 0.05) is 13.6 Å². The van der Waals surface area contributed by atoms with Crippen LogP contribution >= 0.6 is 11.3 Å². The molecule has 0 aliphatic rings. The van der Waals surface area contributed by atoms with Crippen LogP contribution in [0.15, 0.2) is 30.5 Å². The largest absolute Gasteiger partial charge is 0.387 e. The van der Waals surface area contributed by atoms with Crippen LogP contribution in [0.4, 0.5) is 9.52 Å². The summed E-state index contributed by atoms with van der Waals surface area (Å²) >= 11 is 1.46. The molecule has 0 amide bonds. The monoisotopic (exact) mass is 306 g/mol. The molecule has 5 nitrogen and oxygen atoms in total. The van der Waals surface area contributed by atoms with Gasteiger partial charge in [0.25, 0.3) is 0 Å². The van der Waals surface area contributed by atoms with Gasteiger partial charge in [0.15, 0.2) is 0 Å². The lowest BCUT2D eigenvalue weighted by Gasteiger charge is -2.19. The van der Waals surface area contributed by atoms with Gasteiger partial charge < -0.3 is 10.0 Å². The summed E-state index contributed by atoms with van der Waals surface area (Å²) in [4.78, 5) is 7.04. The Labute approximate surface area is 125 Å². The van der Waals surface area contributed by atoms with Crippen LogP contribution in [0.2, 0.25) is 0 Å². The normalized spacial score (nSPS) is 12.8. The van der Waals surface area contributed by atoms with Crippen LogP contribution in [0.1, 0.15) is 17.4 Å². The predicted molar refractivity (Wildman–Crippen MR) is 80.2 cm³/mol. The van der Waals surface area contributed by atoms with E-state index in [-0.39, 0.29) is 5.82 Å². The first-order valence-electron chi connectivity index (χ1n) is 6.50. The van der Waals surface area contributed by atoms with E-state index in [4.69, 9.17) is 0 Å². The Morgan fingerprint density at radius 2 is 2.10 bits per heavy atom. The van der Waals surface area contributed by atoms with Gasteiger partial charge in [-0.3, -0.25) is 0 Å². The van der Waals surface area contributed by atoms with Crippen LogP contribution < -0.4 is 4.90 Å². The molecule has 1 aromatic carbocycles. The van der Waals surface area contributed by atoms with Crippen molar-refractivity contribution in [2.24, 2.45) is 0 Å². The number of aliphatic hydroxyl groups is 1. The van der Waals surface area contributed by atoms with Crippen molar-refractivity contribution in [1.82, 2.24) is 14.6 Å². The molecule has 0 radical (unpaired) electrons. The highest BCUT2D eigenvalue weighted by molar-refractivity contribution is 7.20. The molecule has 3 rings (SSSR count). The molecule has 0 fully saturated rings. The first-order valence-corrected chi connectivity index (χ1v) is 7.32. The maximum Gasteiger partial charge on any atom is 0.214 e. The van der Waals surface area contributed by atoms with Crippen molar-refractivity contribution in [1.29, 1.82) is 0 Å². The third kappa shape index (κ3) is 2.88. The highest BCUT2D eigenvalue weighted by Gasteiger charge is 2.15. The van der Waals surface area contributed by atoms with Gasteiger partial charge in [0.05, 0.1) is 18.0 Å². The predicted octanol–water partition coefficient (Wildman–Crippen LogP) is 2.41. The van der Waals surface area contributed by atoms with Gasteiger partial charge in [-0.05, 0) is 24.6 Å². The molecular formula is C14H15FN4OS. The Kier molecular flexibility index (Phi) is 3.60. The quantitative estimate of drug-likeness (QED) is 0.804. The second-order valence-electron chi connectivity index (χ2n) is 4.94. The fourth-order valence-corrected chi connectivity index (χ4v) is 2.98. The van der Waals surface area contributed by atoms with Gasteiger partial charge in [-0.2, -0.15) is 0 Å². The van der Waals surface area contributed by atoms with Crippen LogP contribution in [0.25, 0.3) is 4.96 Å². The molecule has 0 saturated heterocycles. The summed E-state index contributed by atoms with van der Waals surface area (Å²) in [6.07, 6.45) is 1.16. The summed E-state index contributed by atoms with van der Waals surface area (Å²) in [5, 5.41) is 15.4. The number of hydrogen-bond acceptors (Lipinski definition) is 5. The summed E-state index contributed by atoms with van der Waals surface area (Å²) < 4.78 is 14.6. The van der Waals surface area contributed by atoms with Crippen molar-refractivity contribution in [3.63, 3.8) is 0 Å². The highest BCUT2D eigenvalue weighted by Crippen LogP contribution is 2.24. The minimum Gasteiger partial charge on any atom is -0.387 e. The van der Waals surface area contributed by atoms with Crippen LogP contribution in [0.5, 0.6) is 0 Å². The number of nitrogens with zero attached hydrogens (tertiary/aromatic N) is 4. The number of imidazole rings is 1. The number of hydrogen-bond donors (Lipinski definition) is 1. The summed E-state index contributed by atoms with van der Waals surface area (Å²) in [6.45, 7) is 2.30. The third-order valence-electron chi connectivity index (χ3n) is 3.18. The summed E-state index contributed by atoms with van der Waals surface area (Å²) in [6, 6.07) is 5.87. The van der Waals surface area contributed by atoms with Crippen molar-refractivity contribution >= 4 is 21.4 Å². The number of likely N-dealkylation sites (N-methyl/N-ethyl adjacent to an activating group) is 1. The molecule has 21 heavy (non-hydrogen) atoms. The molecule has 0 spiro atoms. The lowest BCUT2D eigenvalue weighted by molar-refractivity contribution is 0.185. The number of halogens is 1. The van der Waals surface area contributed by atoms with Crippen LogP contribution in [0, 0.1) is 12.7 Å². The summed E-state index contributed by atoms with van der Waals surface area (Å²) in [7, 11) is 1.86. The molecule has 0 aliphatic carbocycles. The zero-order valence-electron chi connectivity index (χ0n) is 11.7. The Hall–Kier alpha value is -1.99. The first kappa shape index (κ1) is 14.0. The van der Waals surface area contributed by atoms with E-state index in [2.05, 4.69) is 10.1 Å². The molecule has 110 valence electrons. The van der Waals surface area contributed by atoms with E-state index in [9.17, 15) is 9.50 Å². The Morgan fingerprint density at radius 3 is 2.76 bits per heavy atom. The van der Waals surface area contributed by atoms with Crippen molar-refractivity contribution in [3.05, 3.63) is 47.5 Å². The standard InChI is InChI=1S/C14H15FN4OS/c1-9-7-19-13(16-9)21-14(17-19)18(2)8-12(20)10-3-5-11(15)6-4-10/h3-7,12,20H,8H2,1-2H3/t12-/m0/s1. The molecule has 2 heterocycles. The van der Waals surface area contributed by atoms with Gasteiger partial charge in [0.1, 0.15) is 5.82 Å². The van der Waals surface area contributed by atoms with E-state index in [1.807, 2.05) is 25.1 Å². The minimum atomic E-state index is -0.700. The maximum absolute atomic E-state index is 12.9. The van der Waals surface area contributed by atoms with Crippen molar-refractivity contribution in [3.8, 4) is 0 Å². The third-order valence-corrected chi connectivity index (χ3v) is 4.22. The molecule has 0 unspecified atom stereocenters. The molecule has 0 saturated carbocycles. The van der Waals surface area contributed by atoms with E-state index >= 15 is 0 Å². The molecule has 0 bridgehead atoms. The number of aromatic nitrogens is 3. The Bertz CT molecular complexity index is 721. The smallest absolute Gasteiger partial charge is 0.214 e. The lowest BCUT2D eigenvalue weighted by atomic mass is 10.1. The molecule has 1 N–H and O–H groups in total. The minimum absolute atomic E-state index is 0.309. The highest BCUT2D eigenvalue weighted by atomic mass is 32.1. The average molecular weight is 306 g/mol. The van der Waals surface area contributed by atoms with Crippen LogP contribution in [0.3, 0.4) is 0 Å². The fourth-order valence-electron chi connectivity index (χ4n) is 2.08. The van der Waals surface area contributed by atoms with Crippen molar-refractivity contribution < 1.29 is 9.50 Å². The number of benzene rings is 1. The van der Waals surface area contributed by atoms with Gasteiger partial charge in [-0.15, -0.1) is 5.10 Å². The van der Waals surface area contributed by atoms with Gasteiger partial charge in [-0.25, -0.2) is 13.9 Å². The Balaban J connectivity index is 1.73. The molecule has 0 aliphatic heterocycles. The zero-order chi connectivity index (χ0) is 15.0. The molecule has 2 aromatic heterocycles. The average Bonchev–Trinajstić information content (AvgIpc) is 2.96. The van der Waals surface area contributed by atoms with Crippen molar-refractivity contribution in [2.75, 3.05) is 18.5 Å². The van der Waals surface area contributed by atoms with Crippen LogP contribution in [-0.4, -0.2) is 33.3 Å². The zero-order valence-corrected chi connectivity index (χ0v) is 12.5. The molecule has 3 aromatic rings. The number of anilines is 1. The topological polar surface area (TPSA) is 53.7 Å². The molecule has 7 heteroatoms. The molecular weight excluding hydrogens is 291 g/mol. The SMILES string of the molecule is Cc1cn2nc(N(C)C[C@H](O)c3ccc(F)cc3)sc2n1. The van der Waals surface area contributed by atoms with E-state index in [0.717, 1.165) is 15.8 Å². The van der Waals surface area contributed by atoms with Gasteiger partial charge in [-0.1, -0.05) is 23.5 Å². The fraction of sp³-hybridized carbons (Fsp3) is 0.286. The number of aryl methyl sites for hydroxylation is 1. The van der Waals surface area contributed by atoms with E-state index < -0.39 is 6.10 Å².